The lowest BCUT2D eigenvalue weighted by molar-refractivity contribution is -0.135. The number of carbonyl (C=O) groups is 2. The standard InChI is InChI=1S/C15H18N4O5S2/c1-9-13(25-15(17-9)18-14(22)16-8-12(20)21)10-4-6-11(7-5-10)26(23,24)19(2)3/h4-7H,8H2,1-3H3,(H,20,21)(H2,16,17,18,22). The van der Waals surface area contributed by atoms with Gasteiger partial charge in [0.1, 0.15) is 6.54 Å². The number of nitrogens with one attached hydrogen (secondary N) is 2. The molecule has 140 valence electrons. The van der Waals surface area contributed by atoms with Crippen LogP contribution in [0.5, 0.6) is 0 Å². The van der Waals surface area contributed by atoms with Crippen LogP contribution in [0.3, 0.4) is 0 Å². The monoisotopic (exact) mass is 398 g/mol. The second-order valence-corrected chi connectivity index (χ2v) is 8.60. The molecule has 0 atom stereocenters. The first-order valence-electron chi connectivity index (χ1n) is 7.38. The van der Waals surface area contributed by atoms with Gasteiger partial charge < -0.3 is 10.4 Å². The molecule has 0 unspecified atom stereocenters. The van der Waals surface area contributed by atoms with Gasteiger partial charge in [0.05, 0.1) is 15.5 Å². The van der Waals surface area contributed by atoms with Crippen LogP contribution in [0, 0.1) is 6.92 Å². The van der Waals surface area contributed by atoms with E-state index < -0.39 is 28.6 Å². The smallest absolute Gasteiger partial charge is 0.323 e. The third kappa shape index (κ3) is 4.56. The molecule has 1 heterocycles. The van der Waals surface area contributed by atoms with Crippen molar-refractivity contribution in [1.29, 1.82) is 0 Å². The molecule has 0 aliphatic carbocycles. The van der Waals surface area contributed by atoms with E-state index in [4.69, 9.17) is 5.11 Å². The molecule has 11 heteroatoms. The number of rotatable bonds is 6. The number of carboxylic acids is 1. The highest BCUT2D eigenvalue weighted by Crippen LogP contribution is 2.33. The Balaban J connectivity index is 2.19. The van der Waals surface area contributed by atoms with Crippen molar-refractivity contribution in [3.63, 3.8) is 0 Å². The third-order valence-electron chi connectivity index (χ3n) is 3.31. The number of carbonyl (C=O) groups excluding carboxylic acids is 1. The molecule has 0 fully saturated rings. The van der Waals surface area contributed by atoms with E-state index in [1.54, 1.807) is 19.1 Å². The normalized spacial score (nSPS) is 11.4. The number of aliphatic carboxylic acids is 1. The molecule has 2 amide bonds. The molecule has 0 radical (unpaired) electrons. The Morgan fingerprint density at radius 1 is 1.23 bits per heavy atom. The molecule has 1 aromatic carbocycles. The Kier molecular flexibility index (Phi) is 5.95. The maximum absolute atomic E-state index is 12.1. The van der Waals surface area contributed by atoms with Crippen LogP contribution in [0.2, 0.25) is 0 Å². The predicted octanol–water partition coefficient (Wildman–Crippen LogP) is 1.57. The van der Waals surface area contributed by atoms with E-state index in [0.29, 0.717) is 10.8 Å². The van der Waals surface area contributed by atoms with Gasteiger partial charge in [-0.3, -0.25) is 10.1 Å². The van der Waals surface area contributed by atoms with Crippen molar-refractivity contribution in [1.82, 2.24) is 14.6 Å². The summed E-state index contributed by atoms with van der Waals surface area (Å²) in [5.74, 6) is -1.15. The average molecular weight is 398 g/mol. The zero-order chi connectivity index (χ0) is 19.5. The fourth-order valence-electron chi connectivity index (χ4n) is 2.00. The van der Waals surface area contributed by atoms with E-state index in [0.717, 1.165) is 14.7 Å². The number of nitrogens with zero attached hydrogens (tertiary/aromatic N) is 2. The molecule has 0 bridgehead atoms. The van der Waals surface area contributed by atoms with Crippen LogP contribution < -0.4 is 10.6 Å². The summed E-state index contributed by atoms with van der Waals surface area (Å²) in [6, 6.07) is 5.70. The Morgan fingerprint density at radius 2 is 1.85 bits per heavy atom. The van der Waals surface area contributed by atoms with Crippen LogP contribution >= 0.6 is 11.3 Å². The van der Waals surface area contributed by atoms with Crippen LogP contribution in [0.4, 0.5) is 9.93 Å². The van der Waals surface area contributed by atoms with Gasteiger partial charge >= 0.3 is 12.0 Å². The number of hydrogen-bond donors (Lipinski definition) is 3. The van der Waals surface area contributed by atoms with Crippen molar-refractivity contribution < 1.29 is 23.1 Å². The number of benzene rings is 1. The number of aryl methyl sites for hydroxylation is 1. The topological polar surface area (TPSA) is 129 Å². The van der Waals surface area contributed by atoms with E-state index in [9.17, 15) is 18.0 Å². The number of thiazole rings is 1. The van der Waals surface area contributed by atoms with E-state index in [-0.39, 0.29) is 4.90 Å². The lowest BCUT2D eigenvalue weighted by Gasteiger charge is -2.11. The van der Waals surface area contributed by atoms with E-state index in [1.165, 1.54) is 37.6 Å². The van der Waals surface area contributed by atoms with Gasteiger partial charge in [-0.25, -0.2) is 22.5 Å². The second-order valence-electron chi connectivity index (χ2n) is 5.45. The molecule has 9 nitrogen and oxygen atoms in total. The summed E-state index contributed by atoms with van der Waals surface area (Å²) in [5, 5.41) is 13.5. The molecule has 1 aromatic heterocycles. The van der Waals surface area contributed by atoms with Gasteiger partial charge in [-0.1, -0.05) is 23.5 Å². The maximum atomic E-state index is 12.1. The van der Waals surface area contributed by atoms with E-state index in [2.05, 4.69) is 15.6 Å². The Labute approximate surface area is 154 Å². The second kappa shape index (κ2) is 7.81. The summed E-state index contributed by atoms with van der Waals surface area (Å²) in [4.78, 5) is 27.2. The molecule has 0 aliphatic rings. The third-order valence-corrected chi connectivity index (χ3v) is 6.26. The molecule has 0 aliphatic heterocycles. The Hall–Kier alpha value is -2.50. The highest BCUT2D eigenvalue weighted by atomic mass is 32.2. The number of anilines is 1. The van der Waals surface area contributed by atoms with Crippen molar-refractivity contribution in [3.8, 4) is 10.4 Å². The lowest BCUT2D eigenvalue weighted by atomic mass is 10.2. The number of aromatic nitrogens is 1. The van der Waals surface area contributed by atoms with Crippen molar-refractivity contribution in [2.45, 2.75) is 11.8 Å². The summed E-state index contributed by atoms with van der Waals surface area (Å²) in [6.45, 7) is 1.27. The zero-order valence-corrected chi connectivity index (χ0v) is 15.9. The molecule has 3 N–H and O–H groups in total. The highest BCUT2D eigenvalue weighted by Gasteiger charge is 2.18. The summed E-state index contributed by atoms with van der Waals surface area (Å²) >= 11 is 1.20. The molecular weight excluding hydrogens is 380 g/mol. The number of carboxylic acid groups (broad SMARTS) is 1. The predicted molar refractivity (Wildman–Crippen MR) is 97.8 cm³/mol. The summed E-state index contributed by atoms with van der Waals surface area (Å²) in [5.41, 5.74) is 1.42. The summed E-state index contributed by atoms with van der Waals surface area (Å²) < 4.78 is 25.3. The van der Waals surface area contributed by atoms with Crippen LogP contribution in [0.1, 0.15) is 5.69 Å². The molecule has 2 rings (SSSR count). The first-order valence-corrected chi connectivity index (χ1v) is 9.64. The van der Waals surface area contributed by atoms with Crippen LogP contribution in [0.25, 0.3) is 10.4 Å². The van der Waals surface area contributed by atoms with E-state index in [1.807, 2.05) is 0 Å². The molecule has 2 aromatic rings. The van der Waals surface area contributed by atoms with Gasteiger partial charge in [0.25, 0.3) is 0 Å². The van der Waals surface area contributed by atoms with Crippen molar-refractivity contribution in [3.05, 3.63) is 30.0 Å². The van der Waals surface area contributed by atoms with Gasteiger partial charge in [-0.15, -0.1) is 0 Å². The van der Waals surface area contributed by atoms with Crippen molar-refractivity contribution in [2.75, 3.05) is 26.0 Å². The minimum Gasteiger partial charge on any atom is -0.480 e. The minimum atomic E-state index is -3.50. The largest absolute Gasteiger partial charge is 0.480 e. The SMILES string of the molecule is Cc1nc(NC(=O)NCC(=O)O)sc1-c1ccc(S(=O)(=O)N(C)C)cc1. The quantitative estimate of drug-likeness (QED) is 0.677. The molecule has 0 spiro atoms. The number of hydrogen-bond acceptors (Lipinski definition) is 6. The molecule has 0 saturated carbocycles. The summed E-state index contributed by atoms with van der Waals surface area (Å²) in [7, 11) is -0.578. The van der Waals surface area contributed by atoms with Crippen molar-refractivity contribution in [2.24, 2.45) is 0 Å². The maximum Gasteiger partial charge on any atom is 0.323 e. The van der Waals surface area contributed by atoms with E-state index >= 15 is 0 Å². The fraction of sp³-hybridized carbons (Fsp3) is 0.267. The Bertz CT molecular complexity index is 920. The molecule has 0 saturated heterocycles. The van der Waals surface area contributed by atoms with Gasteiger partial charge in [0, 0.05) is 14.1 Å². The lowest BCUT2D eigenvalue weighted by Crippen LogP contribution is -2.33. The number of sulfonamides is 1. The van der Waals surface area contributed by atoms with Gasteiger partial charge in [0.15, 0.2) is 5.13 Å². The highest BCUT2D eigenvalue weighted by molar-refractivity contribution is 7.89. The van der Waals surface area contributed by atoms with Crippen LogP contribution in [0.15, 0.2) is 29.2 Å². The average Bonchev–Trinajstić information content (AvgIpc) is 2.93. The van der Waals surface area contributed by atoms with Crippen LogP contribution in [-0.4, -0.2) is 55.5 Å². The first kappa shape index (κ1) is 19.8. The van der Waals surface area contributed by atoms with Gasteiger partial charge in [-0.05, 0) is 24.6 Å². The van der Waals surface area contributed by atoms with Gasteiger partial charge in [0.2, 0.25) is 10.0 Å². The van der Waals surface area contributed by atoms with Gasteiger partial charge in [-0.2, -0.15) is 0 Å². The zero-order valence-electron chi connectivity index (χ0n) is 14.3. The molecule has 26 heavy (non-hydrogen) atoms. The number of amides is 2. The Morgan fingerprint density at radius 3 is 2.38 bits per heavy atom. The fourth-order valence-corrected chi connectivity index (χ4v) is 3.87. The summed E-state index contributed by atoms with van der Waals surface area (Å²) in [6.07, 6.45) is 0. The minimum absolute atomic E-state index is 0.180. The number of urea groups is 1. The first-order chi connectivity index (χ1) is 12.1. The van der Waals surface area contributed by atoms with Crippen molar-refractivity contribution >= 4 is 38.5 Å². The molecular formula is C15H18N4O5S2. The van der Waals surface area contributed by atoms with Crippen LogP contribution in [-0.2, 0) is 14.8 Å².